The van der Waals surface area contributed by atoms with Crippen LogP contribution in [0.1, 0.15) is 23.2 Å². The SMILES string of the molecule is COc1ccc2cc(C(=O)CCCBr)ccc2c1. The van der Waals surface area contributed by atoms with Crippen molar-refractivity contribution in [3.63, 3.8) is 0 Å². The Morgan fingerprint density at radius 3 is 2.61 bits per heavy atom. The highest BCUT2D eigenvalue weighted by Crippen LogP contribution is 2.22. The minimum Gasteiger partial charge on any atom is -0.497 e. The monoisotopic (exact) mass is 306 g/mol. The number of carbonyl (C=O) groups is 1. The lowest BCUT2D eigenvalue weighted by molar-refractivity contribution is 0.0982. The number of hydrogen-bond acceptors (Lipinski definition) is 2. The summed E-state index contributed by atoms with van der Waals surface area (Å²) in [6.07, 6.45) is 1.46. The molecule has 0 fully saturated rings. The Kier molecular flexibility index (Phi) is 4.37. The molecule has 0 aliphatic heterocycles. The molecule has 0 radical (unpaired) electrons. The molecule has 0 aromatic heterocycles. The van der Waals surface area contributed by atoms with E-state index in [0.29, 0.717) is 6.42 Å². The van der Waals surface area contributed by atoms with Crippen molar-refractivity contribution in [2.24, 2.45) is 0 Å². The van der Waals surface area contributed by atoms with Crippen molar-refractivity contribution in [2.45, 2.75) is 12.8 Å². The number of Topliss-reactive ketones (excluding diaryl/α,β-unsaturated/α-hetero) is 1. The molecule has 0 bridgehead atoms. The molecule has 0 heterocycles. The minimum atomic E-state index is 0.201. The number of carbonyl (C=O) groups excluding carboxylic acids is 1. The molecule has 2 aromatic rings. The third-order valence-electron chi connectivity index (χ3n) is 2.91. The van der Waals surface area contributed by atoms with E-state index in [-0.39, 0.29) is 5.78 Å². The molecule has 0 saturated heterocycles. The van der Waals surface area contributed by atoms with Crippen LogP contribution in [0, 0.1) is 0 Å². The summed E-state index contributed by atoms with van der Waals surface area (Å²) in [6, 6.07) is 11.7. The molecule has 2 aromatic carbocycles. The standard InChI is InChI=1S/C15H15BrO2/c1-18-14-7-6-11-9-13(5-4-12(11)10-14)15(17)3-2-8-16/h4-7,9-10H,2-3,8H2,1H3. The third-order valence-corrected chi connectivity index (χ3v) is 3.47. The molecule has 0 aliphatic carbocycles. The quantitative estimate of drug-likeness (QED) is 0.611. The number of halogens is 1. The zero-order chi connectivity index (χ0) is 13.0. The lowest BCUT2D eigenvalue weighted by Gasteiger charge is -2.05. The van der Waals surface area contributed by atoms with E-state index >= 15 is 0 Å². The number of rotatable bonds is 5. The first-order chi connectivity index (χ1) is 8.74. The lowest BCUT2D eigenvalue weighted by atomic mass is 10.0. The molecule has 3 heteroatoms. The van der Waals surface area contributed by atoms with E-state index in [2.05, 4.69) is 15.9 Å². The Balaban J connectivity index is 2.30. The molecule has 0 N–H and O–H groups in total. The molecule has 0 unspecified atom stereocenters. The fourth-order valence-electron chi connectivity index (χ4n) is 1.90. The van der Waals surface area contributed by atoms with Crippen LogP contribution in [0.15, 0.2) is 36.4 Å². The maximum Gasteiger partial charge on any atom is 0.162 e. The van der Waals surface area contributed by atoms with Gasteiger partial charge in [-0.3, -0.25) is 4.79 Å². The van der Waals surface area contributed by atoms with Crippen molar-refractivity contribution in [3.05, 3.63) is 42.0 Å². The third kappa shape index (κ3) is 2.91. The summed E-state index contributed by atoms with van der Waals surface area (Å²) in [5.74, 6) is 1.04. The Morgan fingerprint density at radius 2 is 1.89 bits per heavy atom. The number of methoxy groups -OCH3 is 1. The van der Waals surface area contributed by atoms with Crippen molar-refractivity contribution in [3.8, 4) is 5.75 Å². The normalized spacial score (nSPS) is 10.6. The first-order valence-corrected chi connectivity index (χ1v) is 7.03. The molecular formula is C15H15BrO2. The second-order valence-electron chi connectivity index (χ2n) is 4.14. The minimum absolute atomic E-state index is 0.201. The van der Waals surface area contributed by atoms with E-state index in [4.69, 9.17) is 4.74 Å². The predicted octanol–water partition coefficient (Wildman–Crippen LogP) is 4.21. The molecule has 0 saturated carbocycles. The van der Waals surface area contributed by atoms with Gasteiger partial charge in [0.15, 0.2) is 5.78 Å². The van der Waals surface area contributed by atoms with Crippen LogP contribution < -0.4 is 4.74 Å². The maximum absolute atomic E-state index is 11.9. The Bertz CT molecular complexity index is 563. The van der Waals surface area contributed by atoms with Crippen molar-refractivity contribution in [1.29, 1.82) is 0 Å². The molecular weight excluding hydrogens is 292 g/mol. The number of ether oxygens (including phenoxy) is 1. The molecule has 0 amide bonds. The van der Waals surface area contributed by atoms with Gasteiger partial charge in [0.05, 0.1) is 7.11 Å². The predicted molar refractivity (Wildman–Crippen MR) is 77.9 cm³/mol. The van der Waals surface area contributed by atoms with Crippen LogP contribution in [0.3, 0.4) is 0 Å². The number of hydrogen-bond donors (Lipinski definition) is 0. The van der Waals surface area contributed by atoms with E-state index in [9.17, 15) is 4.79 Å². The molecule has 94 valence electrons. The van der Waals surface area contributed by atoms with Crippen molar-refractivity contribution >= 4 is 32.5 Å². The summed E-state index contributed by atoms with van der Waals surface area (Å²) in [6.45, 7) is 0. The van der Waals surface area contributed by atoms with E-state index in [1.165, 1.54) is 0 Å². The highest BCUT2D eigenvalue weighted by molar-refractivity contribution is 9.09. The van der Waals surface area contributed by atoms with Crippen LogP contribution in [0.2, 0.25) is 0 Å². The second-order valence-corrected chi connectivity index (χ2v) is 4.94. The van der Waals surface area contributed by atoms with Gasteiger partial charge in [0.2, 0.25) is 0 Å². The maximum atomic E-state index is 11.9. The Hall–Kier alpha value is -1.35. The summed E-state index contributed by atoms with van der Waals surface area (Å²) in [5.41, 5.74) is 0.786. The van der Waals surface area contributed by atoms with Gasteiger partial charge >= 0.3 is 0 Å². The summed E-state index contributed by atoms with van der Waals surface area (Å²) < 4.78 is 5.18. The number of alkyl halides is 1. The van der Waals surface area contributed by atoms with Gasteiger partial charge in [-0.1, -0.05) is 34.1 Å². The van der Waals surface area contributed by atoms with Gasteiger partial charge in [-0.25, -0.2) is 0 Å². The summed E-state index contributed by atoms with van der Waals surface area (Å²) in [5, 5.41) is 3.02. The Labute approximate surface area is 115 Å². The number of ketones is 1. The van der Waals surface area contributed by atoms with Crippen molar-refractivity contribution < 1.29 is 9.53 Å². The molecule has 2 nitrogen and oxygen atoms in total. The van der Waals surface area contributed by atoms with E-state index in [0.717, 1.165) is 33.8 Å². The van der Waals surface area contributed by atoms with Gasteiger partial charge < -0.3 is 4.74 Å². The zero-order valence-electron chi connectivity index (χ0n) is 10.3. The average Bonchev–Trinajstić information content (AvgIpc) is 2.43. The van der Waals surface area contributed by atoms with Crippen LogP contribution in [-0.2, 0) is 0 Å². The van der Waals surface area contributed by atoms with Crippen molar-refractivity contribution in [2.75, 3.05) is 12.4 Å². The fraction of sp³-hybridized carbons (Fsp3) is 0.267. The van der Waals surface area contributed by atoms with Crippen LogP contribution >= 0.6 is 15.9 Å². The first-order valence-electron chi connectivity index (χ1n) is 5.91. The number of fused-ring (bicyclic) bond motifs is 1. The highest BCUT2D eigenvalue weighted by Gasteiger charge is 2.06. The van der Waals surface area contributed by atoms with E-state index in [1.807, 2.05) is 36.4 Å². The van der Waals surface area contributed by atoms with Gasteiger partial charge in [-0.2, -0.15) is 0 Å². The topological polar surface area (TPSA) is 26.3 Å². The van der Waals surface area contributed by atoms with Crippen LogP contribution in [-0.4, -0.2) is 18.2 Å². The van der Waals surface area contributed by atoms with Crippen LogP contribution in [0.5, 0.6) is 5.75 Å². The van der Waals surface area contributed by atoms with Gasteiger partial charge in [0.25, 0.3) is 0 Å². The van der Waals surface area contributed by atoms with Crippen LogP contribution in [0.4, 0.5) is 0 Å². The molecule has 2 rings (SSSR count). The first kappa shape index (κ1) is 13.1. The molecule has 0 spiro atoms. The second kappa shape index (κ2) is 6.01. The summed E-state index contributed by atoms with van der Waals surface area (Å²) in [7, 11) is 1.65. The van der Waals surface area contributed by atoms with Gasteiger partial charge in [0, 0.05) is 17.3 Å². The lowest BCUT2D eigenvalue weighted by Crippen LogP contribution is -1.99. The van der Waals surface area contributed by atoms with E-state index < -0.39 is 0 Å². The number of benzene rings is 2. The van der Waals surface area contributed by atoms with Crippen molar-refractivity contribution in [1.82, 2.24) is 0 Å². The zero-order valence-corrected chi connectivity index (χ0v) is 11.9. The highest BCUT2D eigenvalue weighted by atomic mass is 79.9. The molecule has 18 heavy (non-hydrogen) atoms. The average molecular weight is 307 g/mol. The molecule has 0 aliphatic rings. The van der Waals surface area contributed by atoms with Gasteiger partial charge in [-0.05, 0) is 35.4 Å². The fourth-order valence-corrected chi connectivity index (χ4v) is 2.18. The summed E-state index contributed by atoms with van der Waals surface area (Å²) in [4.78, 5) is 11.9. The largest absolute Gasteiger partial charge is 0.497 e. The van der Waals surface area contributed by atoms with E-state index in [1.54, 1.807) is 7.11 Å². The van der Waals surface area contributed by atoms with Crippen LogP contribution in [0.25, 0.3) is 10.8 Å². The summed E-state index contributed by atoms with van der Waals surface area (Å²) >= 11 is 3.34. The smallest absolute Gasteiger partial charge is 0.162 e. The molecule has 0 atom stereocenters. The Morgan fingerprint density at radius 1 is 1.17 bits per heavy atom. The van der Waals surface area contributed by atoms with Gasteiger partial charge in [-0.15, -0.1) is 0 Å². The van der Waals surface area contributed by atoms with Gasteiger partial charge in [0.1, 0.15) is 5.75 Å².